The van der Waals surface area contributed by atoms with E-state index in [1.165, 1.54) is 61.9 Å². The average Bonchev–Trinajstić information content (AvgIpc) is 1.59. The van der Waals surface area contributed by atoms with E-state index < -0.39 is 90.2 Å². The van der Waals surface area contributed by atoms with E-state index >= 15 is 0 Å². The van der Waals surface area contributed by atoms with Crippen LogP contribution >= 0.6 is 23.4 Å². The minimum absolute atomic E-state index is 0.0230. The number of carbonyl (C=O) groups is 8. The Morgan fingerprint density at radius 3 is 2.48 bits per heavy atom. The zero-order chi connectivity index (χ0) is 63.9. The predicted molar refractivity (Wildman–Crippen MR) is 328 cm³/mol. The summed E-state index contributed by atoms with van der Waals surface area (Å²) in [6.45, 7) is 8.57. The van der Waals surface area contributed by atoms with Crippen molar-refractivity contribution in [3.8, 4) is 11.5 Å². The van der Waals surface area contributed by atoms with Crippen molar-refractivity contribution in [2.75, 3.05) is 78.0 Å². The Bertz CT molecular complexity index is 2930. The molecule has 3 heterocycles. The van der Waals surface area contributed by atoms with Crippen LogP contribution < -0.4 is 36.1 Å². The Hall–Kier alpha value is -6.90. The van der Waals surface area contributed by atoms with Gasteiger partial charge in [-0.05, 0) is 81.8 Å². The highest BCUT2D eigenvalue weighted by atomic mass is 35.5. The van der Waals surface area contributed by atoms with Crippen molar-refractivity contribution >= 4 is 81.8 Å². The van der Waals surface area contributed by atoms with Crippen LogP contribution in [0.1, 0.15) is 97.1 Å². The molecule has 2 aromatic rings. The first-order valence-corrected chi connectivity index (χ1v) is 30.5. The lowest BCUT2D eigenvalue weighted by atomic mass is 9.83. The molecule has 0 aromatic heterocycles. The normalized spacial score (nSPS) is 26.4. The van der Waals surface area contributed by atoms with Gasteiger partial charge in [-0.15, -0.1) is 0 Å². The van der Waals surface area contributed by atoms with Crippen molar-refractivity contribution in [3.05, 3.63) is 82.4 Å². The molecule has 2 aromatic carbocycles. The Kier molecular flexibility index (Phi) is 24.9. The molecule has 0 spiro atoms. The van der Waals surface area contributed by atoms with E-state index in [-0.39, 0.29) is 78.7 Å². The number of benzene rings is 2. The summed E-state index contributed by atoms with van der Waals surface area (Å²) in [4.78, 5) is 112. The Morgan fingerprint density at radius 1 is 1.03 bits per heavy atom. The van der Waals surface area contributed by atoms with E-state index in [9.17, 15) is 43.5 Å². The fourth-order valence-corrected chi connectivity index (χ4v) is 11.4. The van der Waals surface area contributed by atoms with Gasteiger partial charge in [0.2, 0.25) is 11.8 Å². The number of nitrogens with zero attached hydrogens (tertiary/aromatic N) is 4. The summed E-state index contributed by atoms with van der Waals surface area (Å²) in [6, 6.07) is 6.44. The van der Waals surface area contributed by atoms with Crippen LogP contribution in [0, 0.1) is 5.92 Å². The first-order chi connectivity index (χ1) is 41.2. The van der Waals surface area contributed by atoms with Crippen LogP contribution in [0.25, 0.3) is 0 Å². The molecule has 6 N–H and O–H groups in total. The van der Waals surface area contributed by atoms with Crippen molar-refractivity contribution in [3.63, 3.8) is 0 Å². The van der Waals surface area contributed by atoms with Gasteiger partial charge in [0.05, 0.1) is 43.6 Å². The number of Topliss-reactive ketones (excluding diaryl/α,β-unsaturated/α-hetero) is 1. The molecule has 1 unspecified atom stereocenters. The number of aliphatic hydroxyl groups is 1. The maximum absolute atomic E-state index is 14.4. The summed E-state index contributed by atoms with van der Waals surface area (Å²) >= 11 is 7.71. The van der Waals surface area contributed by atoms with Gasteiger partial charge >= 0.3 is 24.2 Å². The number of alkyl carbamates (subject to hydrolysis) is 1. The molecule has 3 aliphatic heterocycles. The molecule has 6 rings (SSSR count). The van der Waals surface area contributed by atoms with Gasteiger partial charge < -0.3 is 74.2 Å². The van der Waals surface area contributed by atoms with Crippen molar-refractivity contribution in [2.45, 2.75) is 153 Å². The molecular formula is C61H85ClN8O16S. The summed E-state index contributed by atoms with van der Waals surface area (Å²) in [6.07, 6.45) is 6.40. The first-order valence-electron chi connectivity index (χ1n) is 29.1. The fraction of sp³-hybridized carbons (Fsp3) is 0.574. The second-order valence-electron chi connectivity index (χ2n) is 22.7. The van der Waals surface area contributed by atoms with E-state index in [1.54, 1.807) is 70.3 Å². The largest absolute Gasteiger partial charge is 0.495 e. The lowest BCUT2D eigenvalue weighted by molar-refractivity contribution is -0.162. The van der Waals surface area contributed by atoms with Crippen molar-refractivity contribution < 1.29 is 76.6 Å². The van der Waals surface area contributed by atoms with Gasteiger partial charge in [0.15, 0.2) is 17.3 Å². The first kappa shape index (κ1) is 69.2. The number of anilines is 2. The number of allylic oxidation sites excluding steroid dienone is 4. The summed E-state index contributed by atoms with van der Waals surface area (Å²) in [5, 5.41) is 20.1. The molecule has 26 heteroatoms. The van der Waals surface area contributed by atoms with Crippen LogP contribution in [0.2, 0.25) is 5.02 Å². The van der Waals surface area contributed by atoms with Crippen LogP contribution in [0.15, 0.2) is 66.3 Å². The number of nitrogens with two attached hydrogens (primary N) is 1. The van der Waals surface area contributed by atoms with Gasteiger partial charge in [-0.1, -0.05) is 85.7 Å². The van der Waals surface area contributed by atoms with Gasteiger partial charge in [0.1, 0.15) is 47.3 Å². The van der Waals surface area contributed by atoms with Crippen molar-refractivity contribution in [1.29, 1.82) is 0 Å². The topological polar surface area (TPSA) is 300 Å². The van der Waals surface area contributed by atoms with Crippen molar-refractivity contribution in [1.82, 2.24) is 25.3 Å². The number of fused-ring (bicyclic) bond motifs is 5. The number of hydrogen-bond donors (Lipinski definition) is 5. The number of thioether (sulfide) groups is 1. The number of methoxy groups -OCH3 is 2. The Morgan fingerprint density at radius 2 is 1.77 bits per heavy atom. The lowest BCUT2D eigenvalue weighted by Gasteiger charge is -2.42. The molecule has 4 aliphatic rings. The quantitative estimate of drug-likeness (QED) is 0.0400. The fourth-order valence-electron chi connectivity index (χ4n) is 10.3. The minimum Gasteiger partial charge on any atom is -0.495 e. The second kappa shape index (κ2) is 31.3. The van der Waals surface area contributed by atoms with E-state index in [0.29, 0.717) is 42.0 Å². The molecule has 2 saturated heterocycles. The number of rotatable bonds is 19. The predicted octanol–water partition coefficient (Wildman–Crippen LogP) is 7.26. The highest BCUT2D eigenvalue weighted by Crippen LogP contribution is 2.49. The van der Waals surface area contributed by atoms with E-state index in [4.69, 9.17) is 50.5 Å². The smallest absolute Gasteiger partial charge is 0.412 e. The molecule has 24 nitrogen and oxygen atoms in total. The summed E-state index contributed by atoms with van der Waals surface area (Å²) < 4.78 is 40.7. The number of hydrogen-bond acceptors (Lipinski definition) is 19. The third-order valence-corrected chi connectivity index (χ3v) is 17.5. The molecular weight excluding hydrogens is 1170 g/mol. The molecule has 478 valence electrons. The molecule has 0 radical (unpaired) electrons. The number of amides is 6. The molecule has 1 aliphatic carbocycles. The van der Waals surface area contributed by atoms with Crippen LogP contribution in [-0.2, 0) is 55.9 Å². The zero-order valence-corrected chi connectivity index (χ0v) is 53.1. The van der Waals surface area contributed by atoms with Gasteiger partial charge in [0.25, 0.3) is 5.24 Å². The number of carbonyl (C=O) groups excluding carboxylic acids is 8. The number of halogens is 1. The minimum atomic E-state index is -1.90. The maximum atomic E-state index is 14.4. The molecule has 2 fully saturated rings. The number of likely N-dealkylation sites (N-methyl/N-ethyl adjacent to an activating group) is 3. The highest BCUT2D eigenvalue weighted by Gasteiger charge is 2.64. The van der Waals surface area contributed by atoms with Crippen LogP contribution in [0.4, 0.5) is 30.6 Å². The Labute approximate surface area is 518 Å². The Balaban J connectivity index is 1.03. The average molecular weight is 1250 g/mol. The highest BCUT2D eigenvalue weighted by molar-refractivity contribution is 8.13. The number of nitrogens with one attached hydrogen (secondary N) is 3. The second-order valence-corrected chi connectivity index (χ2v) is 24.1. The monoisotopic (exact) mass is 1250 g/mol. The summed E-state index contributed by atoms with van der Waals surface area (Å²) in [5.74, 6) is -1.99. The number of ether oxygens (including phenoxy) is 7. The number of ketones is 1. The maximum Gasteiger partial charge on any atom is 0.412 e. The van der Waals surface area contributed by atoms with Gasteiger partial charge in [-0.3, -0.25) is 24.5 Å². The van der Waals surface area contributed by atoms with Crippen LogP contribution in [-0.4, -0.2) is 189 Å². The summed E-state index contributed by atoms with van der Waals surface area (Å²) in [5.41, 5.74) is 5.92. The molecule has 10 atom stereocenters. The SMILES string of the molecule is CCC(=O)CNc1cc(COC(=O)N(C)CCN(C)C(=O)SCCC(=O)N(C)[C@@H](C)C(=O)O[C@H]2CC(=O)N(C)c3cc(cc(OC)c3Cl)C/C(C)=C/C=C/[C@@H](OC)[C@@]3(O)C[C@H](OC(=O)N3)[C@@H](C)[C@@H]3O[C@@]23C)ccc1OC(=O)NC1CCCC/C=C/[C@@H]1N. The third-order valence-electron chi connectivity index (χ3n) is 16.2. The lowest BCUT2D eigenvalue weighted by Crippen LogP contribution is -2.63. The van der Waals surface area contributed by atoms with E-state index in [0.717, 1.165) is 42.2 Å². The number of esters is 1. The molecule has 6 amide bonds. The van der Waals surface area contributed by atoms with E-state index in [2.05, 4.69) is 16.0 Å². The van der Waals surface area contributed by atoms with E-state index in [1.807, 2.05) is 25.2 Å². The molecule has 4 bridgehead atoms. The number of epoxide rings is 1. The molecule has 87 heavy (non-hydrogen) atoms. The standard InChI is InChI=1S/C61H85ClN8O16S/c1-12-41(71)34-64-44-29-39(22-23-46(44)83-56(75)65-43-20-16-14-13-15-19-42(43)63)35-82-58(77)67(6)25-26-68(7)59(78)87-27-24-51(72)69(8)38(4)55(74)85-50-32-52(73)70(9)45-30-40(31-47(80-10)53(45)62)28-36(2)18-17-21-49(81-11)61(79)33-48(84-57(76)66-61)37(3)54-60(50,5)86-54/h15,17-19,21-23,29-31,37-38,42-43,48-50,54,64,79H,12-14,16,20,24-28,32-35,63H2,1-11H3,(H,65,75)(H,66,76)/b19-15+,21-17+,36-18+/t37-,38+,42+,43?,48+,49-,50+,54+,60+,61+/m1/s1. The van der Waals surface area contributed by atoms with Crippen molar-refractivity contribution in [2.24, 2.45) is 11.7 Å². The van der Waals surface area contributed by atoms with Gasteiger partial charge in [-0.25, -0.2) is 19.2 Å². The zero-order valence-electron chi connectivity index (χ0n) is 51.5. The molecule has 0 saturated carbocycles. The van der Waals surface area contributed by atoms with Crippen LogP contribution in [0.3, 0.4) is 0 Å². The third kappa shape index (κ3) is 18.6. The van der Waals surface area contributed by atoms with Gasteiger partial charge in [0, 0.05) is 85.4 Å². The van der Waals surface area contributed by atoms with Gasteiger partial charge in [-0.2, -0.15) is 0 Å². The van der Waals surface area contributed by atoms with Crippen LogP contribution in [0.5, 0.6) is 11.5 Å². The summed E-state index contributed by atoms with van der Waals surface area (Å²) in [7, 11) is 8.89.